The first kappa shape index (κ1) is 9.84. The van der Waals surface area contributed by atoms with Crippen LogP contribution in [0.2, 0.25) is 0 Å². The smallest absolute Gasteiger partial charge is 0.164 e. The zero-order chi connectivity index (χ0) is 11.8. The number of ketones is 1. The number of carbonyl (C=O) groups is 1. The van der Waals surface area contributed by atoms with Crippen LogP contribution < -0.4 is 0 Å². The highest BCUT2D eigenvalue weighted by Gasteiger charge is 2.62. The fourth-order valence-corrected chi connectivity index (χ4v) is 5.10. The molecule has 17 heavy (non-hydrogen) atoms. The minimum Gasteiger partial charge on any atom is -0.294 e. The van der Waals surface area contributed by atoms with Crippen LogP contribution in [0.15, 0.2) is 24.3 Å². The van der Waals surface area contributed by atoms with E-state index in [0.717, 1.165) is 12.0 Å². The molecule has 0 saturated heterocycles. The molecule has 0 bridgehead atoms. The molecule has 2 aliphatic rings. The minimum absolute atomic E-state index is 0.335. The predicted octanol–water partition coefficient (Wildman–Crippen LogP) is 4.23. The Morgan fingerprint density at radius 1 is 1.29 bits per heavy atom. The van der Waals surface area contributed by atoms with E-state index >= 15 is 0 Å². The number of Topliss-reactive ketones (excluding diaryl/α,β-unsaturated/α-hetero) is 1. The maximum Gasteiger partial charge on any atom is 0.164 e. The number of hydrogen-bond donors (Lipinski definition) is 0. The third-order valence-electron chi connectivity index (χ3n) is 4.64. The quantitative estimate of drug-likeness (QED) is 0.675. The van der Waals surface area contributed by atoms with E-state index in [-0.39, 0.29) is 0 Å². The first-order chi connectivity index (χ1) is 8.10. The lowest BCUT2D eigenvalue weighted by atomic mass is 9.95. The molecule has 4 rings (SSSR count). The van der Waals surface area contributed by atoms with Gasteiger partial charge >= 0.3 is 0 Å². The highest BCUT2D eigenvalue weighted by Crippen LogP contribution is 2.70. The van der Waals surface area contributed by atoms with Gasteiger partial charge < -0.3 is 0 Å². The van der Waals surface area contributed by atoms with Crippen LogP contribution in [0.1, 0.15) is 41.4 Å². The first-order valence-corrected chi connectivity index (χ1v) is 6.97. The van der Waals surface area contributed by atoms with Crippen molar-refractivity contribution in [3.8, 4) is 0 Å². The lowest BCUT2D eigenvalue weighted by molar-refractivity contribution is 0.0968. The van der Waals surface area contributed by atoms with Crippen LogP contribution in [-0.4, -0.2) is 5.78 Å². The van der Waals surface area contributed by atoms with Crippen LogP contribution in [0.25, 0.3) is 10.1 Å². The highest BCUT2D eigenvalue weighted by molar-refractivity contribution is 7.19. The van der Waals surface area contributed by atoms with Gasteiger partial charge in [-0.1, -0.05) is 32.0 Å². The van der Waals surface area contributed by atoms with Crippen molar-refractivity contribution in [1.29, 1.82) is 0 Å². The number of rotatable bonds is 0. The van der Waals surface area contributed by atoms with Crippen molar-refractivity contribution in [2.45, 2.75) is 26.2 Å². The van der Waals surface area contributed by atoms with Gasteiger partial charge in [0, 0.05) is 32.9 Å². The Hall–Kier alpha value is -1.15. The van der Waals surface area contributed by atoms with Gasteiger partial charge in [0.05, 0.1) is 0 Å². The van der Waals surface area contributed by atoms with Gasteiger partial charge in [0.2, 0.25) is 0 Å². The molecule has 1 aromatic carbocycles. The summed E-state index contributed by atoms with van der Waals surface area (Å²) in [4.78, 5) is 13.7. The van der Waals surface area contributed by atoms with E-state index in [0.29, 0.717) is 23.0 Å². The molecule has 0 aliphatic heterocycles. The van der Waals surface area contributed by atoms with Crippen molar-refractivity contribution >= 4 is 27.2 Å². The van der Waals surface area contributed by atoms with Crippen LogP contribution in [0, 0.1) is 11.3 Å². The van der Waals surface area contributed by atoms with Crippen LogP contribution in [0.3, 0.4) is 0 Å². The van der Waals surface area contributed by atoms with Gasteiger partial charge in [-0.3, -0.25) is 4.79 Å². The van der Waals surface area contributed by atoms with E-state index in [9.17, 15) is 4.79 Å². The molecule has 1 saturated carbocycles. The Morgan fingerprint density at radius 3 is 2.88 bits per heavy atom. The molecule has 2 unspecified atom stereocenters. The van der Waals surface area contributed by atoms with Gasteiger partial charge in [-0.2, -0.15) is 0 Å². The van der Waals surface area contributed by atoms with Crippen molar-refractivity contribution in [2.24, 2.45) is 11.3 Å². The molecule has 2 atom stereocenters. The van der Waals surface area contributed by atoms with Gasteiger partial charge in [0.25, 0.3) is 0 Å². The maximum atomic E-state index is 12.3. The average Bonchev–Trinajstić information content (AvgIpc) is 2.71. The molecule has 0 N–H and O–H groups in total. The number of hydrogen-bond acceptors (Lipinski definition) is 2. The van der Waals surface area contributed by atoms with Crippen molar-refractivity contribution in [3.05, 3.63) is 34.7 Å². The predicted molar refractivity (Wildman–Crippen MR) is 70.8 cm³/mol. The number of benzene rings is 1. The molecule has 0 radical (unpaired) electrons. The Labute approximate surface area is 104 Å². The van der Waals surface area contributed by atoms with Gasteiger partial charge in [-0.25, -0.2) is 0 Å². The summed E-state index contributed by atoms with van der Waals surface area (Å²) in [7, 11) is 0. The number of fused-ring (bicyclic) bond motifs is 5. The second-order valence-corrected chi connectivity index (χ2v) is 6.95. The standard InChI is InChI=1S/C15H14OS/c1-15(2)9-7-10(16)12-8-5-3-4-6-11(8)17-14(12)13(9)15/h3-6,9,13H,7H2,1-2H3. The van der Waals surface area contributed by atoms with E-state index < -0.39 is 0 Å². The Balaban J connectivity index is 2.05. The Bertz CT molecular complexity index is 650. The van der Waals surface area contributed by atoms with Gasteiger partial charge in [-0.15, -0.1) is 11.3 Å². The largest absolute Gasteiger partial charge is 0.294 e. The monoisotopic (exact) mass is 242 g/mol. The van der Waals surface area contributed by atoms with Gasteiger partial charge in [-0.05, 0) is 17.4 Å². The molecular formula is C15H14OS. The zero-order valence-corrected chi connectivity index (χ0v) is 10.8. The maximum absolute atomic E-state index is 12.3. The molecule has 2 aromatic rings. The molecule has 1 fully saturated rings. The molecule has 0 spiro atoms. The van der Waals surface area contributed by atoms with E-state index in [1.807, 2.05) is 17.4 Å². The minimum atomic E-state index is 0.335. The summed E-state index contributed by atoms with van der Waals surface area (Å²) in [5, 5.41) is 1.18. The number of thiophene rings is 1. The Morgan fingerprint density at radius 2 is 2.06 bits per heavy atom. The van der Waals surface area contributed by atoms with E-state index in [1.54, 1.807) is 0 Å². The van der Waals surface area contributed by atoms with E-state index in [1.165, 1.54) is 15.0 Å². The summed E-state index contributed by atoms with van der Waals surface area (Å²) in [5.41, 5.74) is 1.37. The summed E-state index contributed by atoms with van der Waals surface area (Å²) in [5.74, 6) is 1.59. The third-order valence-corrected chi connectivity index (χ3v) is 5.89. The third kappa shape index (κ3) is 1.07. The van der Waals surface area contributed by atoms with Crippen LogP contribution >= 0.6 is 11.3 Å². The molecule has 2 aliphatic carbocycles. The summed E-state index contributed by atoms with van der Waals surface area (Å²) in [6.45, 7) is 4.60. The van der Waals surface area contributed by atoms with E-state index in [2.05, 4.69) is 32.0 Å². The fraction of sp³-hybridized carbons (Fsp3) is 0.400. The second-order valence-electron chi connectivity index (χ2n) is 5.87. The number of carbonyl (C=O) groups excluding carboxylic acids is 1. The lowest BCUT2D eigenvalue weighted by Gasteiger charge is -2.08. The average molecular weight is 242 g/mol. The second kappa shape index (κ2) is 2.81. The normalized spacial score (nSPS) is 28.9. The summed E-state index contributed by atoms with van der Waals surface area (Å²) >= 11 is 1.83. The van der Waals surface area contributed by atoms with Crippen LogP contribution in [0.4, 0.5) is 0 Å². The zero-order valence-electron chi connectivity index (χ0n) is 9.99. The summed E-state index contributed by atoms with van der Waals surface area (Å²) in [6, 6.07) is 8.32. The molecule has 1 aromatic heterocycles. The molecule has 0 amide bonds. The molecular weight excluding hydrogens is 228 g/mol. The lowest BCUT2D eigenvalue weighted by Crippen LogP contribution is -2.07. The van der Waals surface area contributed by atoms with Crippen molar-refractivity contribution in [1.82, 2.24) is 0 Å². The fourth-order valence-electron chi connectivity index (χ4n) is 3.52. The Kier molecular flexibility index (Phi) is 1.62. The summed E-state index contributed by atoms with van der Waals surface area (Å²) in [6.07, 6.45) is 0.755. The van der Waals surface area contributed by atoms with Crippen LogP contribution in [0.5, 0.6) is 0 Å². The highest BCUT2D eigenvalue weighted by atomic mass is 32.1. The molecule has 2 heteroatoms. The molecule has 1 nitrogen and oxygen atoms in total. The van der Waals surface area contributed by atoms with Crippen LogP contribution in [-0.2, 0) is 0 Å². The first-order valence-electron chi connectivity index (χ1n) is 6.15. The topological polar surface area (TPSA) is 17.1 Å². The van der Waals surface area contributed by atoms with Gasteiger partial charge in [0.15, 0.2) is 5.78 Å². The van der Waals surface area contributed by atoms with Crippen molar-refractivity contribution in [3.63, 3.8) is 0 Å². The summed E-state index contributed by atoms with van der Waals surface area (Å²) < 4.78 is 1.27. The van der Waals surface area contributed by atoms with E-state index in [4.69, 9.17) is 0 Å². The van der Waals surface area contributed by atoms with Crippen molar-refractivity contribution < 1.29 is 4.79 Å². The van der Waals surface area contributed by atoms with Gasteiger partial charge in [0.1, 0.15) is 0 Å². The molecule has 86 valence electrons. The molecule has 1 heterocycles. The SMILES string of the molecule is CC1(C)C2CC(=O)c3c(sc4ccccc34)C21. The van der Waals surface area contributed by atoms with Crippen molar-refractivity contribution in [2.75, 3.05) is 0 Å².